The minimum atomic E-state index is -0.205. The number of nitrogens with one attached hydrogen (secondary N) is 2. The van der Waals surface area contributed by atoms with Crippen LogP contribution in [0.4, 0.5) is 0 Å². The van der Waals surface area contributed by atoms with Gasteiger partial charge in [0.05, 0.1) is 24.8 Å². The fourth-order valence-corrected chi connectivity index (χ4v) is 1.17. The first-order valence-corrected chi connectivity index (χ1v) is 4.44. The van der Waals surface area contributed by atoms with E-state index in [0.29, 0.717) is 17.9 Å². The number of rotatable bonds is 3. The van der Waals surface area contributed by atoms with Gasteiger partial charge in [0.1, 0.15) is 11.3 Å². The monoisotopic (exact) mass is 206 g/mol. The molecular formula is C9H10N4O2. The maximum absolute atomic E-state index is 11.6. The maximum atomic E-state index is 11.6. The molecule has 15 heavy (non-hydrogen) atoms. The van der Waals surface area contributed by atoms with Gasteiger partial charge < -0.3 is 14.8 Å². The molecule has 0 saturated heterocycles. The smallest absolute Gasteiger partial charge is 0.256 e. The highest BCUT2D eigenvalue weighted by atomic mass is 16.5. The molecule has 0 aliphatic rings. The van der Waals surface area contributed by atoms with E-state index in [4.69, 9.17) is 4.52 Å². The van der Waals surface area contributed by atoms with Gasteiger partial charge in [0.2, 0.25) is 0 Å². The van der Waals surface area contributed by atoms with Crippen LogP contribution in [0.15, 0.2) is 23.2 Å². The van der Waals surface area contributed by atoms with Crippen molar-refractivity contribution in [2.75, 3.05) is 0 Å². The van der Waals surface area contributed by atoms with Crippen molar-refractivity contribution < 1.29 is 9.32 Å². The minimum absolute atomic E-state index is 0.205. The van der Waals surface area contributed by atoms with Gasteiger partial charge in [-0.1, -0.05) is 5.16 Å². The highest BCUT2D eigenvalue weighted by molar-refractivity contribution is 5.94. The summed E-state index contributed by atoms with van der Waals surface area (Å²) in [7, 11) is 0. The Morgan fingerprint density at radius 3 is 3.07 bits per heavy atom. The molecule has 0 spiro atoms. The second-order valence-corrected chi connectivity index (χ2v) is 3.06. The van der Waals surface area contributed by atoms with Crippen LogP contribution in [0.1, 0.15) is 21.8 Å². The van der Waals surface area contributed by atoms with Crippen LogP contribution in [-0.4, -0.2) is 21.0 Å². The third kappa shape index (κ3) is 2.04. The summed E-state index contributed by atoms with van der Waals surface area (Å²) in [6.45, 7) is 2.10. The van der Waals surface area contributed by atoms with E-state index in [-0.39, 0.29) is 5.91 Å². The zero-order valence-corrected chi connectivity index (χ0v) is 8.15. The number of hydrogen-bond acceptors (Lipinski definition) is 4. The first-order valence-electron chi connectivity index (χ1n) is 4.44. The maximum Gasteiger partial charge on any atom is 0.256 e. The largest absolute Gasteiger partial charge is 0.361 e. The molecule has 2 aromatic heterocycles. The van der Waals surface area contributed by atoms with E-state index >= 15 is 0 Å². The lowest BCUT2D eigenvalue weighted by Gasteiger charge is -2.00. The van der Waals surface area contributed by atoms with Crippen LogP contribution in [0.25, 0.3) is 0 Å². The highest BCUT2D eigenvalue weighted by Crippen LogP contribution is 2.05. The molecule has 0 saturated carbocycles. The van der Waals surface area contributed by atoms with Crippen molar-refractivity contribution in [1.82, 2.24) is 20.4 Å². The number of hydrogen-bond donors (Lipinski definition) is 2. The lowest BCUT2D eigenvalue weighted by atomic mass is 10.2. The third-order valence-corrected chi connectivity index (χ3v) is 1.99. The number of carbonyl (C=O) groups is 1. The second kappa shape index (κ2) is 3.95. The molecule has 78 valence electrons. The fraction of sp³-hybridized carbons (Fsp3) is 0.222. The normalized spacial score (nSPS) is 10.2. The summed E-state index contributed by atoms with van der Waals surface area (Å²) >= 11 is 0. The summed E-state index contributed by atoms with van der Waals surface area (Å²) in [6, 6.07) is 0. The second-order valence-electron chi connectivity index (χ2n) is 3.06. The van der Waals surface area contributed by atoms with Crippen molar-refractivity contribution in [3.05, 3.63) is 35.7 Å². The predicted octanol–water partition coefficient (Wildman–Crippen LogP) is 0.636. The standard InChI is InChI=1S/C9H10N4O2/c1-6-8(4-13-15-6)9(14)11-3-7-2-10-5-12-7/h2,4-5H,3H2,1H3,(H,10,12)(H,11,14). The average molecular weight is 206 g/mol. The molecule has 0 aromatic carbocycles. The predicted molar refractivity (Wildman–Crippen MR) is 51.0 cm³/mol. The molecule has 2 rings (SSSR count). The van der Waals surface area contributed by atoms with E-state index in [1.807, 2.05) is 0 Å². The van der Waals surface area contributed by atoms with Gasteiger partial charge in [-0.3, -0.25) is 4.79 Å². The number of H-pyrrole nitrogens is 1. The zero-order valence-electron chi connectivity index (χ0n) is 8.15. The lowest BCUT2D eigenvalue weighted by molar-refractivity contribution is 0.0949. The molecule has 0 bridgehead atoms. The summed E-state index contributed by atoms with van der Waals surface area (Å²) in [5, 5.41) is 6.25. The summed E-state index contributed by atoms with van der Waals surface area (Å²) in [4.78, 5) is 18.3. The van der Waals surface area contributed by atoms with Crippen molar-refractivity contribution in [2.24, 2.45) is 0 Å². The summed E-state index contributed by atoms with van der Waals surface area (Å²) < 4.78 is 4.79. The Kier molecular flexibility index (Phi) is 2.49. The number of aromatic amines is 1. The highest BCUT2D eigenvalue weighted by Gasteiger charge is 2.12. The summed E-state index contributed by atoms with van der Waals surface area (Å²) in [6.07, 6.45) is 4.62. The number of amides is 1. The molecule has 0 unspecified atom stereocenters. The Morgan fingerprint density at radius 1 is 1.60 bits per heavy atom. The minimum Gasteiger partial charge on any atom is -0.361 e. The Balaban J connectivity index is 1.96. The van der Waals surface area contributed by atoms with E-state index in [9.17, 15) is 4.79 Å². The Morgan fingerprint density at radius 2 is 2.47 bits per heavy atom. The van der Waals surface area contributed by atoms with Crippen molar-refractivity contribution in [3.8, 4) is 0 Å². The van der Waals surface area contributed by atoms with Gasteiger partial charge in [-0.2, -0.15) is 0 Å². The van der Waals surface area contributed by atoms with E-state index < -0.39 is 0 Å². The van der Waals surface area contributed by atoms with Crippen LogP contribution < -0.4 is 5.32 Å². The molecule has 6 heteroatoms. The Hall–Kier alpha value is -2.11. The Bertz CT molecular complexity index is 446. The number of imidazole rings is 1. The molecule has 0 atom stereocenters. The molecule has 0 aliphatic carbocycles. The lowest BCUT2D eigenvalue weighted by Crippen LogP contribution is -2.23. The molecular weight excluding hydrogens is 196 g/mol. The molecule has 2 aromatic rings. The van der Waals surface area contributed by atoms with E-state index in [2.05, 4.69) is 20.4 Å². The van der Waals surface area contributed by atoms with Gasteiger partial charge in [0, 0.05) is 6.20 Å². The summed E-state index contributed by atoms with van der Waals surface area (Å²) in [5.41, 5.74) is 1.30. The molecule has 0 aliphatic heterocycles. The third-order valence-electron chi connectivity index (χ3n) is 1.99. The van der Waals surface area contributed by atoms with Gasteiger partial charge in [0.25, 0.3) is 5.91 Å². The SMILES string of the molecule is Cc1oncc1C(=O)NCc1cnc[nH]1. The Labute approximate surface area is 85.7 Å². The van der Waals surface area contributed by atoms with Crippen molar-refractivity contribution in [2.45, 2.75) is 13.5 Å². The van der Waals surface area contributed by atoms with Gasteiger partial charge in [0.15, 0.2) is 0 Å². The van der Waals surface area contributed by atoms with Gasteiger partial charge in [-0.05, 0) is 6.92 Å². The van der Waals surface area contributed by atoms with Crippen molar-refractivity contribution in [3.63, 3.8) is 0 Å². The van der Waals surface area contributed by atoms with Crippen LogP contribution in [0.3, 0.4) is 0 Å². The van der Waals surface area contributed by atoms with Gasteiger partial charge >= 0.3 is 0 Å². The molecule has 0 radical (unpaired) electrons. The molecule has 6 nitrogen and oxygen atoms in total. The molecule has 2 heterocycles. The van der Waals surface area contributed by atoms with Gasteiger partial charge in [-0.15, -0.1) is 0 Å². The molecule has 1 amide bonds. The van der Waals surface area contributed by atoms with Crippen molar-refractivity contribution in [1.29, 1.82) is 0 Å². The van der Waals surface area contributed by atoms with E-state index in [1.54, 1.807) is 19.4 Å². The number of nitrogens with zero attached hydrogens (tertiary/aromatic N) is 2. The quantitative estimate of drug-likeness (QED) is 0.771. The van der Waals surface area contributed by atoms with Crippen LogP contribution in [0.5, 0.6) is 0 Å². The number of carbonyl (C=O) groups excluding carboxylic acids is 1. The first kappa shape index (κ1) is 9.45. The van der Waals surface area contributed by atoms with Crippen molar-refractivity contribution >= 4 is 5.91 Å². The average Bonchev–Trinajstić information content (AvgIpc) is 2.84. The summed E-state index contributed by atoms with van der Waals surface area (Å²) in [5.74, 6) is 0.306. The number of aryl methyl sites for hydroxylation is 1. The number of aromatic nitrogens is 3. The fourth-order valence-electron chi connectivity index (χ4n) is 1.17. The van der Waals surface area contributed by atoms with Crippen LogP contribution in [0.2, 0.25) is 0 Å². The van der Waals surface area contributed by atoms with E-state index in [1.165, 1.54) is 6.20 Å². The topological polar surface area (TPSA) is 83.8 Å². The van der Waals surface area contributed by atoms with Crippen LogP contribution in [0, 0.1) is 6.92 Å². The van der Waals surface area contributed by atoms with Gasteiger partial charge in [-0.25, -0.2) is 4.98 Å². The molecule has 2 N–H and O–H groups in total. The van der Waals surface area contributed by atoms with Crippen LogP contribution >= 0.6 is 0 Å². The zero-order chi connectivity index (χ0) is 10.7. The van der Waals surface area contributed by atoms with Crippen LogP contribution in [-0.2, 0) is 6.54 Å². The molecule has 0 fully saturated rings. The first-order chi connectivity index (χ1) is 7.27. The van der Waals surface area contributed by atoms with E-state index in [0.717, 1.165) is 5.69 Å².